The van der Waals surface area contributed by atoms with Gasteiger partial charge in [0.15, 0.2) is 0 Å². The minimum Gasteiger partial charge on any atom is -0.399 e. The Morgan fingerprint density at radius 1 is 0.967 bits per heavy atom. The van der Waals surface area contributed by atoms with Gasteiger partial charge in [0.2, 0.25) is 5.91 Å². The molecular formula is C21H28Cl2N4O3. The lowest BCUT2D eigenvalue weighted by molar-refractivity contribution is -0.115. The number of benzene rings is 2. The van der Waals surface area contributed by atoms with Crippen LogP contribution in [-0.2, 0) is 16.0 Å². The van der Waals surface area contributed by atoms with Crippen molar-refractivity contribution in [2.45, 2.75) is 6.42 Å². The number of anilines is 2. The molecule has 1 heterocycles. The second-order valence-electron chi connectivity index (χ2n) is 6.75. The lowest BCUT2D eigenvalue weighted by Crippen LogP contribution is -2.41. The number of nitrogens with two attached hydrogens (primary N) is 1. The number of hydrogen-bond donors (Lipinski definition) is 3. The molecule has 2 amide bonds. The van der Waals surface area contributed by atoms with Gasteiger partial charge in [0, 0.05) is 43.1 Å². The third kappa shape index (κ3) is 8.20. The summed E-state index contributed by atoms with van der Waals surface area (Å²) in [5.74, 6) is -0.236. The summed E-state index contributed by atoms with van der Waals surface area (Å²) in [5, 5.41) is 5.76. The van der Waals surface area contributed by atoms with Crippen molar-refractivity contribution in [2.75, 3.05) is 50.4 Å². The van der Waals surface area contributed by atoms with Crippen LogP contribution in [0, 0.1) is 0 Å². The Kier molecular flexibility index (Phi) is 11.2. The number of halogens is 2. The minimum atomic E-state index is -0.118. The van der Waals surface area contributed by atoms with E-state index in [9.17, 15) is 9.59 Å². The van der Waals surface area contributed by atoms with Gasteiger partial charge < -0.3 is 21.1 Å². The zero-order chi connectivity index (χ0) is 19.8. The molecule has 2 aromatic rings. The van der Waals surface area contributed by atoms with Crippen LogP contribution in [0.4, 0.5) is 11.4 Å². The van der Waals surface area contributed by atoms with Gasteiger partial charge in [0.25, 0.3) is 5.91 Å². The van der Waals surface area contributed by atoms with Crippen molar-refractivity contribution in [3.63, 3.8) is 0 Å². The molecule has 0 atom stereocenters. The van der Waals surface area contributed by atoms with Gasteiger partial charge in [0.05, 0.1) is 19.6 Å². The summed E-state index contributed by atoms with van der Waals surface area (Å²) < 4.78 is 5.31. The Balaban J connectivity index is 0.00000225. The van der Waals surface area contributed by atoms with Crippen molar-refractivity contribution in [2.24, 2.45) is 0 Å². The summed E-state index contributed by atoms with van der Waals surface area (Å²) in [7, 11) is 0. The van der Waals surface area contributed by atoms with E-state index >= 15 is 0 Å². The van der Waals surface area contributed by atoms with Crippen LogP contribution in [0.3, 0.4) is 0 Å². The summed E-state index contributed by atoms with van der Waals surface area (Å²) in [5.41, 5.74) is 8.43. The predicted molar refractivity (Wildman–Crippen MR) is 124 cm³/mol. The second kappa shape index (κ2) is 13.1. The van der Waals surface area contributed by atoms with E-state index in [2.05, 4.69) is 15.5 Å². The first-order valence-electron chi connectivity index (χ1n) is 9.43. The molecule has 0 spiro atoms. The average molecular weight is 455 g/mol. The SMILES string of the molecule is Cl.Cl.Nc1ccc(CC(=O)Nc2ccc(C(=O)NCCN3CCOCC3)cc2)cc1. The van der Waals surface area contributed by atoms with E-state index in [0.717, 1.165) is 38.4 Å². The normalized spacial score (nSPS) is 13.5. The number of morpholine rings is 1. The van der Waals surface area contributed by atoms with E-state index in [1.54, 1.807) is 36.4 Å². The van der Waals surface area contributed by atoms with E-state index in [1.165, 1.54) is 0 Å². The highest BCUT2D eigenvalue weighted by atomic mass is 35.5. The molecule has 164 valence electrons. The Labute approximate surface area is 189 Å². The van der Waals surface area contributed by atoms with Crippen LogP contribution >= 0.6 is 24.8 Å². The number of carbonyl (C=O) groups is 2. The van der Waals surface area contributed by atoms with Gasteiger partial charge >= 0.3 is 0 Å². The second-order valence-corrected chi connectivity index (χ2v) is 6.75. The van der Waals surface area contributed by atoms with Crippen LogP contribution in [0.25, 0.3) is 0 Å². The summed E-state index contributed by atoms with van der Waals surface area (Å²) in [6.07, 6.45) is 0.268. The van der Waals surface area contributed by atoms with E-state index in [4.69, 9.17) is 10.5 Å². The van der Waals surface area contributed by atoms with Gasteiger partial charge in [-0.2, -0.15) is 0 Å². The number of nitrogens with zero attached hydrogens (tertiary/aromatic N) is 1. The first-order valence-corrected chi connectivity index (χ1v) is 9.43. The maximum absolute atomic E-state index is 12.2. The molecule has 3 rings (SSSR count). The number of carbonyl (C=O) groups excluding carboxylic acids is 2. The molecule has 0 radical (unpaired) electrons. The molecule has 0 bridgehead atoms. The smallest absolute Gasteiger partial charge is 0.251 e. The van der Waals surface area contributed by atoms with Crippen molar-refractivity contribution in [3.8, 4) is 0 Å². The van der Waals surface area contributed by atoms with Crippen molar-refractivity contribution in [1.29, 1.82) is 0 Å². The fourth-order valence-corrected chi connectivity index (χ4v) is 2.99. The van der Waals surface area contributed by atoms with E-state index in [0.29, 0.717) is 23.5 Å². The van der Waals surface area contributed by atoms with Gasteiger partial charge in [-0.05, 0) is 42.0 Å². The first-order chi connectivity index (χ1) is 13.6. The highest BCUT2D eigenvalue weighted by molar-refractivity contribution is 5.96. The highest BCUT2D eigenvalue weighted by Gasteiger charge is 2.11. The number of amides is 2. The van der Waals surface area contributed by atoms with Gasteiger partial charge in [-0.15, -0.1) is 24.8 Å². The molecule has 9 heteroatoms. The summed E-state index contributed by atoms with van der Waals surface area (Å²) in [6.45, 7) is 4.72. The van der Waals surface area contributed by atoms with Gasteiger partial charge in [0.1, 0.15) is 0 Å². The molecule has 1 aliphatic rings. The first kappa shape index (κ1) is 25.7. The zero-order valence-electron chi connectivity index (χ0n) is 16.6. The number of ether oxygens (including phenoxy) is 1. The van der Waals surface area contributed by atoms with Gasteiger partial charge in [-0.3, -0.25) is 14.5 Å². The lowest BCUT2D eigenvalue weighted by Gasteiger charge is -2.26. The Hall–Kier alpha value is -2.32. The van der Waals surface area contributed by atoms with Crippen LogP contribution in [-0.4, -0.2) is 56.1 Å². The largest absolute Gasteiger partial charge is 0.399 e. The van der Waals surface area contributed by atoms with Crippen LogP contribution in [0.2, 0.25) is 0 Å². The predicted octanol–water partition coefficient (Wildman–Crippen LogP) is 2.36. The van der Waals surface area contributed by atoms with Gasteiger partial charge in [-0.1, -0.05) is 12.1 Å². The molecule has 2 aromatic carbocycles. The average Bonchev–Trinajstić information content (AvgIpc) is 2.71. The van der Waals surface area contributed by atoms with E-state index < -0.39 is 0 Å². The molecule has 1 saturated heterocycles. The van der Waals surface area contributed by atoms with Crippen LogP contribution in [0.1, 0.15) is 15.9 Å². The molecule has 30 heavy (non-hydrogen) atoms. The van der Waals surface area contributed by atoms with Gasteiger partial charge in [-0.25, -0.2) is 0 Å². The zero-order valence-corrected chi connectivity index (χ0v) is 18.3. The van der Waals surface area contributed by atoms with E-state index in [1.807, 2.05) is 12.1 Å². The van der Waals surface area contributed by atoms with E-state index in [-0.39, 0.29) is 43.0 Å². The molecule has 1 fully saturated rings. The molecule has 0 aromatic heterocycles. The Morgan fingerprint density at radius 2 is 1.60 bits per heavy atom. The number of hydrogen-bond acceptors (Lipinski definition) is 5. The Bertz CT molecular complexity index is 795. The number of rotatable bonds is 7. The fraction of sp³-hybridized carbons (Fsp3) is 0.333. The molecule has 0 saturated carbocycles. The van der Waals surface area contributed by atoms with Crippen molar-refractivity contribution < 1.29 is 14.3 Å². The third-order valence-corrected chi connectivity index (χ3v) is 4.59. The number of nitrogen functional groups attached to an aromatic ring is 1. The van der Waals surface area contributed by atoms with Crippen LogP contribution < -0.4 is 16.4 Å². The summed E-state index contributed by atoms with van der Waals surface area (Å²) >= 11 is 0. The third-order valence-electron chi connectivity index (χ3n) is 4.59. The molecule has 1 aliphatic heterocycles. The van der Waals surface area contributed by atoms with Crippen LogP contribution in [0.5, 0.6) is 0 Å². The molecule has 0 aliphatic carbocycles. The maximum Gasteiger partial charge on any atom is 0.251 e. The monoisotopic (exact) mass is 454 g/mol. The number of nitrogens with one attached hydrogen (secondary N) is 2. The van der Waals surface area contributed by atoms with Crippen molar-refractivity contribution in [3.05, 3.63) is 59.7 Å². The maximum atomic E-state index is 12.2. The molecular weight excluding hydrogens is 427 g/mol. The minimum absolute atomic E-state index is 0. The quantitative estimate of drug-likeness (QED) is 0.557. The van der Waals surface area contributed by atoms with Crippen molar-refractivity contribution >= 4 is 48.0 Å². The molecule has 7 nitrogen and oxygen atoms in total. The lowest BCUT2D eigenvalue weighted by atomic mass is 10.1. The molecule has 0 unspecified atom stereocenters. The summed E-state index contributed by atoms with van der Waals surface area (Å²) in [6, 6.07) is 14.1. The summed E-state index contributed by atoms with van der Waals surface area (Å²) in [4.78, 5) is 26.6. The fourth-order valence-electron chi connectivity index (χ4n) is 2.99. The standard InChI is InChI=1S/C21H26N4O3.2ClH/c22-18-5-1-16(2-6-18)15-20(26)24-19-7-3-17(4-8-19)21(27)23-9-10-25-11-13-28-14-12-25;;/h1-8H,9-15,22H2,(H,23,27)(H,24,26);2*1H. The van der Waals surface area contributed by atoms with Crippen LogP contribution in [0.15, 0.2) is 48.5 Å². The highest BCUT2D eigenvalue weighted by Crippen LogP contribution is 2.11. The van der Waals surface area contributed by atoms with Crippen molar-refractivity contribution in [1.82, 2.24) is 10.2 Å². The Morgan fingerprint density at radius 3 is 2.23 bits per heavy atom. The topological polar surface area (TPSA) is 96.7 Å². The molecule has 4 N–H and O–H groups in total.